The van der Waals surface area contributed by atoms with Gasteiger partial charge in [0, 0.05) is 12.4 Å². The molecule has 0 radical (unpaired) electrons. The van der Waals surface area contributed by atoms with Crippen LogP contribution in [0.25, 0.3) is 0 Å². The number of aliphatic carboxylic acids is 1. The normalized spacial score (nSPS) is 12.7. The van der Waals surface area contributed by atoms with Gasteiger partial charge in [-0.2, -0.15) is 0 Å². The molecule has 90 valence electrons. The van der Waals surface area contributed by atoms with E-state index in [-0.39, 0.29) is 6.42 Å². The lowest BCUT2D eigenvalue weighted by Gasteiger charge is -2.10. The molecule has 0 aliphatic heterocycles. The molecule has 0 saturated heterocycles. The van der Waals surface area contributed by atoms with Gasteiger partial charge in [0.2, 0.25) is 0 Å². The summed E-state index contributed by atoms with van der Waals surface area (Å²) in [5.41, 5.74) is 0. The van der Waals surface area contributed by atoms with Gasteiger partial charge in [0.05, 0.1) is 6.10 Å². The molecule has 15 heavy (non-hydrogen) atoms. The standard InChI is InChI=1S/C12H24O3/c1-2-3-4-5-6-7-8-9-11(13)10-12(14)15/h11,13H,2-10H2,1H3,(H,14,15)/p-1. The second kappa shape index (κ2) is 9.97. The van der Waals surface area contributed by atoms with Gasteiger partial charge in [0.15, 0.2) is 0 Å². The number of hydrogen-bond acceptors (Lipinski definition) is 3. The molecule has 0 amide bonds. The van der Waals surface area contributed by atoms with Gasteiger partial charge in [0.1, 0.15) is 0 Å². The summed E-state index contributed by atoms with van der Waals surface area (Å²) in [5.74, 6) is -1.16. The highest BCUT2D eigenvalue weighted by Crippen LogP contribution is 2.10. The van der Waals surface area contributed by atoms with E-state index in [0.717, 1.165) is 12.8 Å². The first-order valence-electron chi connectivity index (χ1n) is 6.04. The van der Waals surface area contributed by atoms with Crippen molar-refractivity contribution in [3.05, 3.63) is 0 Å². The molecule has 1 atom stereocenters. The minimum Gasteiger partial charge on any atom is -0.550 e. The van der Waals surface area contributed by atoms with E-state index in [1.807, 2.05) is 0 Å². The molecular formula is C12H23O3-. The summed E-state index contributed by atoms with van der Waals surface area (Å²) < 4.78 is 0. The van der Waals surface area contributed by atoms with E-state index >= 15 is 0 Å². The number of aliphatic hydroxyl groups excluding tert-OH is 1. The number of carboxylic acid groups (broad SMARTS) is 1. The Balaban J connectivity index is 3.13. The second-order valence-corrected chi connectivity index (χ2v) is 4.14. The quantitative estimate of drug-likeness (QED) is 0.563. The van der Waals surface area contributed by atoms with E-state index in [1.165, 1.54) is 32.1 Å². The van der Waals surface area contributed by atoms with E-state index in [0.29, 0.717) is 6.42 Å². The molecular weight excluding hydrogens is 192 g/mol. The van der Waals surface area contributed by atoms with Crippen molar-refractivity contribution in [2.24, 2.45) is 0 Å². The molecule has 0 aromatic carbocycles. The molecule has 0 aliphatic rings. The van der Waals surface area contributed by atoms with E-state index in [4.69, 9.17) is 0 Å². The van der Waals surface area contributed by atoms with Gasteiger partial charge in [0.25, 0.3) is 0 Å². The summed E-state index contributed by atoms with van der Waals surface area (Å²) in [4.78, 5) is 10.1. The average molecular weight is 215 g/mol. The van der Waals surface area contributed by atoms with Gasteiger partial charge in [-0.1, -0.05) is 51.9 Å². The van der Waals surface area contributed by atoms with Gasteiger partial charge >= 0.3 is 0 Å². The highest BCUT2D eigenvalue weighted by molar-refractivity contribution is 5.64. The van der Waals surface area contributed by atoms with Crippen molar-refractivity contribution >= 4 is 5.97 Å². The first kappa shape index (κ1) is 14.4. The zero-order valence-corrected chi connectivity index (χ0v) is 9.71. The van der Waals surface area contributed by atoms with Crippen LogP contribution >= 0.6 is 0 Å². The van der Waals surface area contributed by atoms with Crippen LogP contribution in [-0.4, -0.2) is 17.2 Å². The van der Waals surface area contributed by atoms with Crippen LogP contribution in [0.15, 0.2) is 0 Å². The van der Waals surface area contributed by atoms with Gasteiger partial charge in [-0.3, -0.25) is 0 Å². The lowest BCUT2D eigenvalue weighted by atomic mass is 10.1. The number of unbranched alkanes of at least 4 members (excludes halogenated alkanes) is 6. The summed E-state index contributed by atoms with van der Waals surface area (Å²) in [6, 6.07) is 0. The van der Waals surface area contributed by atoms with Gasteiger partial charge in [-0.05, 0) is 6.42 Å². The number of carbonyl (C=O) groups is 1. The Bertz CT molecular complexity index is 157. The number of rotatable bonds is 10. The molecule has 0 rings (SSSR count). The number of aliphatic hydroxyl groups is 1. The van der Waals surface area contributed by atoms with Crippen molar-refractivity contribution in [3.63, 3.8) is 0 Å². The summed E-state index contributed by atoms with van der Waals surface area (Å²) in [6.07, 6.45) is 7.94. The topological polar surface area (TPSA) is 60.4 Å². The van der Waals surface area contributed by atoms with Crippen molar-refractivity contribution in [1.29, 1.82) is 0 Å². The van der Waals surface area contributed by atoms with Crippen LogP contribution in [0.4, 0.5) is 0 Å². The molecule has 0 bridgehead atoms. The van der Waals surface area contributed by atoms with Crippen LogP contribution in [0.1, 0.15) is 64.7 Å². The predicted octanol–water partition coefficient (Wildman–Crippen LogP) is 1.63. The fourth-order valence-electron chi connectivity index (χ4n) is 1.63. The molecule has 0 aliphatic carbocycles. The molecule has 1 unspecified atom stereocenters. The zero-order chi connectivity index (χ0) is 11.5. The number of hydrogen-bond donors (Lipinski definition) is 1. The molecule has 0 aromatic rings. The summed E-state index contributed by atoms with van der Waals surface area (Å²) in [5, 5.41) is 19.4. The van der Waals surface area contributed by atoms with Gasteiger partial charge < -0.3 is 15.0 Å². The highest BCUT2D eigenvalue weighted by atomic mass is 16.4. The molecule has 3 heteroatoms. The van der Waals surface area contributed by atoms with Crippen molar-refractivity contribution in [2.45, 2.75) is 70.8 Å². The lowest BCUT2D eigenvalue weighted by Crippen LogP contribution is -2.27. The predicted molar refractivity (Wildman–Crippen MR) is 58.2 cm³/mol. The maximum atomic E-state index is 10.1. The fraction of sp³-hybridized carbons (Fsp3) is 0.917. The Labute approximate surface area is 92.5 Å². The largest absolute Gasteiger partial charge is 0.550 e. The fourth-order valence-corrected chi connectivity index (χ4v) is 1.63. The summed E-state index contributed by atoms with van der Waals surface area (Å²) >= 11 is 0. The number of carboxylic acids is 1. The van der Waals surface area contributed by atoms with E-state index < -0.39 is 12.1 Å². The molecule has 0 fully saturated rings. The Morgan fingerprint density at radius 1 is 1.13 bits per heavy atom. The van der Waals surface area contributed by atoms with E-state index in [9.17, 15) is 15.0 Å². The molecule has 3 nitrogen and oxygen atoms in total. The van der Waals surface area contributed by atoms with Crippen LogP contribution in [0.3, 0.4) is 0 Å². The Morgan fingerprint density at radius 3 is 2.20 bits per heavy atom. The zero-order valence-electron chi connectivity index (χ0n) is 9.71. The molecule has 0 aromatic heterocycles. The first-order chi connectivity index (χ1) is 7.16. The van der Waals surface area contributed by atoms with Crippen molar-refractivity contribution < 1.29 is 15.0 Å². The average Bonchev–Trinajstić information content (AvgIpc) is 2.15. The van der Waals surface area contributed by atoms with Crippen LogP contribution < -0.4 is 5.11 Å². The Hall–Kier alpha value is -0.570. The van der Waals surface area contributed by atoms with E-state index in [1.54, 1.807) is 0 Å². The molecule has 0 spiro atoms. The van der Waals surface area contributed by atoms with E-state index in [2.05, 4.69) is 6.92 Å². The van der Waals surface area contributed by atoms with Crippen LogP contribution in [0.5, 0.6) is 0 Å². The number of carbonyl (C=O) groups excluding carboxylic acids is 1. The SMILES string of the molecule is CCCCCCCCCC(O)CC(=O)[O-]. The third-order valence-corrected chi connectivity index (χ3v) is 2.54. The first-order valence-corrected chi connectivity index (χ1v) is 6.04. The molecule has 0 heterocycles. The second-order valence-electron chi connectivity index (χ2n) is 4.14. The van der Waals surface area contributed by atoms with Crippen molar-refractivity contribution in [3.8, 4) is 0 Å². The maximum absolute atomic E-state index is 10.1. The molecule has 0 saturated carbocycles. The minimum absolute atomic E-state index is 0.226. The van der Waals surface area contributed by atoms with Crippen molar-refractivity contribution in [1.82, 2.24) is 0 Å². The Kier molecular flexibility index (Phi) is 9.59. The Morgan fingerprint density at radius 2 is 1.67 bits per heavy atom. The smallest absolute Gasteiger partial charge is 0.0592 e. The van der Waals surface area contributed by atoms with Crippen LogP contribution in [0.2, 0.25) is 0 Å². The summed E-state index contributed by atoms with van der Waals surface area (Å²) in [7, 11) is 0. The van der Waals surface area contributed by atoms with Crippen molar-refractivity contribution in [2.75, 3.05) is 0 Å². The highest BCUT2D eigenvalue weighted by Gasteiger charge is 2.03. The van der Waals surface area contributed by atoms with Gasteiger partial charge in [-0.15, -0.1) is 0 Å². The van der Waals surface area contributed by atoms with Gasteiger partial charge in [-0.25, -0.2) is 0 Å². The minimum atomic E-state index is -1.16. The van der Waals surface area contributed by atoms with Crippen LogP contribution in [-0.2, 0) is 4.79 Å². The third-order valence-electron chi connectivity index (χ3n) is 2.54. The monoisotopic (exact) mass is 215 g/mol. The third kappa shape index (κ3) is 11.4. The maximum Gasteiger partial charge on any atom is 0.0592 e. The van der Waals surface area contributed by atoms with Crippen LogP contribution in [0, 0.1) is 0 Å². The lowest BCUT2D eigenvalue weighted by molar-refractivity contribution is -0.307. The molecule has 1 N–H and O–H groups in total. The summed E-state index contributed by atoms with van der Waals surface area (Å²) in [6.45, 7) is 2.19.